The molecule has 1 rings (SSSR count). The molecule has 3 heteroatoms. The van der Waals surface area contributed by atoms with Gasteiger partial charge in [0, 0.05) is 25.1 Å². The van der Waals surface area contributed by atoms with Gasteiger partial charge in [0.05, 0.1) is 0 Å². The van der Waals surface area contributed by atoms with Gasteiger partial charge < -0.3 is 9.64 Å². The molecule has 0 aromatic carbocycles. The minimum Gasteiger partial charge on any atom is -0.385 e. The molecule has 72 valence electrons. The van der Waals surface area contributed by atoms with Crippen LogP contribution in [0.4, 0.5) is 0 Å². The second-order valence-electron chi connectivity index (χ2n) is 3.39. The predicted molar refractivity (Wildman–Crippen MR) is 54.9 cm³/mol. The van der Waals surface area contributed by atoms with Crippen LogP contribution in [0.1, 0.15) is 19.3 Å². The van der Waals surface area contributed by atoms with Crippen molar-refractivity contribution < 1.29 is 4.74 Å². The van der Waals surface area contributed by atoms with Crippen molar-refractivity contribution in [3.63, 3.8) is 0 Å². The number of hydrogen-bond donors (Lipinski definition) is 0. The SMILES string of the molecule is COCCCCN1CCC(Br)C1. The van der Waals surface area contributed by atoms with Gasteiger partial charge in [-0.25, -0.2) is 0 Å². The van der Waals surface area contributed by atoms with Crippen LogP contribution in [-0.4, -0.2) is 43.1 Å². The highest BCUT2D eigenvalue weighted by Gasteiger charge is 2.18. The number of ether oxygens (including phenoxy) is 1. The van der Waals surface area contributed by atoms with E-state index in [1.54, 1.807) is 7.11 Å². The maximum atomic E-state index is 5.00. The lowest BCUT2D eigenvalue weighted by Gasteiger charge is -2.13. The Labute approximate surface area is 83.4 Å². The molecule has 0 amide bonds. The highest BCUT2D eigenvalue weighted by Crippen LogP contribution is 2.16. The molecule has 12 heavy (non-hydrogen) atoms. The average molecular weight is 236 g/mol. The number of alkyl halides is 1. The van der Waals surface area contributed by atoms with Gasteiger partial charge in [-0.1, -0.05) is 15.9 Å². The monoisotopic (exact) mass is 235 g/mol. The summed E-state index contributed by atoms with van der Waals surface area (Å²) in [5.74, 6) is 0. The first-order valence-electron chi connectivity index (χ1n) is 4.68. The Morgan fingerprint density at radius 2 is 2.33 bits per heavy atom. The number of unbranched alkanes of at least 4 members (excludes halogenated alkanes) is 1. The smallest absolute Gasteiger partial charge is 0.0462 e. The first-order valence-corrected chi connectivity index (χ1v) is 5.60. The number of nitrogens with zero attached hydrogens (tertiary/aromatic N) is 1. The standard InChI is InChI=1S/C9H18BrNO/c1-12-7-3-2-5-11-6-4-9(10)8-11/h9H,2-8H2,1H3. The van der Waals surface area contributed by atoms with Gasteiger partial charge in [0.1, 0.15) is 0 Å². The lowest BCUT2D eigenvalue weighted by Crippen LogP contribution is -2.22. The molecule has 0 bridgehead atoms. The summed E-state index contributed by atoms with van der Waals surface area (Å²) < 4.78 is 5.00. The number of methoxy groups -OCH3 is 1. The normalized spacial score (nSPS) is 25.0. The van der Waals surface area contributed by atoms with Crippen molar-refractivity contribution in [2.75, 3.05) is 33.4 Å². The summed E-state index contributed by atoms with van der Waals surface area (Å²) in [6.45, 7) is 4.65. The van der Waals surface area contributed by atoms with E-state index in [2.05, 4.69) is 20.8 Å². The molecule has 1 aliphatic heterocycles. The molecule has 1 saturated heterocycles. The molecule has 1 unspecified atom stereocenters. The Balaban J connectivity index is 1.93. The average Bonchev–Trinajstić information content (AvgIpc) is 2.45. The van der Waals surface area contributed by atoms with Gasteiger partial charge in [-0.2, -0.15) is 0 Å². The van der Waals surface area contributed by atoms with Crippen LogP contribution in [0.5, 0.6) is 0 Å². The van der Waals surface area contributed by atoms with Crippen LogP contribution in [-0.2, 0) is 4.74 Å². The number of likely N-dealkylation sites (tertiary alicyclic amines) is 1. The maximum absolute atomic E-state index is 5.00. The summed E-state index contributed by atoms with van der Waals surface area (Å²) in [6.07, 6.45) is 3.78. The quantitative estimate of drug-likeness (QED) is 0.533. The Hall–Kier alpha value is 0.400. The maximum Gasteiger partial charge on any atom is 0.0462 e. The van der Waals surface area contributed by atoms with Crippen LogP contribution < -0.4 is 0 Å². The number of hydrogen-bond acceptors (Lipinski definition) is 2. The summed E-state index contributed by atoms with van der Waals surface area (Å²) in [5.41, 5.74) is 0. The molecular weight excluding hydrogens is 218 g/mol. The topological polar surface area (TPSA) is 12.5 Å². The minimum absolute atomic E-state index is 0.736. The van der Waals surface area contributed by atoms with E-state index in [0.29, 0.717) is 0 Å². The first kappa shape index (κ1) is 10.5. The van der Waals surface area contributed by atoms with E-state index in [4.69, 9.17) is 4.74 Å². The molecule has 0 saturated carbocycles. The van der Waals surface area contributed by atoms with Crippen LogP contribution >= 0.6 is 15.9 Å². The van der Waals surface area contributed by atoms with E-state index >= 15 is 0 Å². The molecular formula is C9H18BrNO. The van der Waals surface area contributed by atoms with E-state index in [-0.39, 0.29) is 0 Å². The molecule has 1 atom stereocenters. The van der Waals surface area contributed by atoms with E-state index in [0.717, 1.165) is 11.4 Å². The van der Waals surface area contributed by atoms with Crippen molar-refractivity contribution >= 4 is 15.9 Å². The summed E-state index contributed by atoms with van der Waals surface area (Å²) in [7, 11) is 1.77. The highest BCUT2D eigenvalue weighted by molar-refractivity contribution is 9.09. The van der Waals surface area contributed by atoms with E-state index in [9.17, 15) is 0 Å². The summed E-state index contributed by atoms with van der Waals surface area (Å²) in [5, 5.41) is 0. The van der Waals surface area contributed by atoms with Gasteiger partial charge in [0.2, 0.25) is 0 Å². The fourth-order valence-electron chi connectivity index (χ4n) is 1.57. The summed E-state index contributed by atoms with van der Waals surface area (Å²) >= 11 is 3.63. The van der Waals surface area contributed by atoms with Crippen LogP contribution in [0.2, 0.25) is 0 Å². The largest absolute Gasteiger partial charge is 0.385 e. The highest BCUT2D eigenvalue weighted by atomic mass is 79.9. The summed E-state index contributed by atoms with van der Waals surface area (Å²) in [4.78, 5) is 3.26. The molecule has 0 aromatic rings. The molecule has 0 aromatic heterocycles. The van der Waals surface area contributed by atoms with Gasteiger partial charge >= 0.3 is 0 Å². The zero-order chi connectivity index (χ0) is 8.81. The molecule has 0 spiro atoms. The number of rotatable bonds is 5. The summed E-state index contributed by atoms with van der Waals surface area (Å²) in [6, 6.07) is 0. The van der Waals surface area contributed by atoms with Gasteiger partial charge in [-0.3, -0.25) is 0 Å². The Morgan fingerprint density at radius 3 is 2.92 bits per heavy atom. The van der Waals surface area contributed by atoms with Gasteiger partial charge in [-0.05, 0) is 32.4 Å². The van der Waals surface area contributed by atoms with Crippen molar-refractivity contribution in [2.45, 2.75) is 24.1 Å². The van der Waals surface area contributed by atoms with Gasteiger partial charge in [0.25, 0.3) is 0 Å². The van der Waals surface area contributed by atoms with Crippen molar-refractivity contribution in [2.24, 2.45) is 0 Å². The van der Waals surface area contributed by atoms with E-state index in [1.165, 1.54) is 38.9 Å². The third-order valence-electron chi connectivity index (χ3n) is 2.29. The Morgan fingerprint density at radius 1 is 1.50 bits per heavy atom. The zero-order valence-electron chi connectivity index (χ0n) is 7.76. The van der Waals surface area contributed by atoms with Crippen molar-refractivity contribution in [3.8, 4) is 0 Å². The van der Waals surface area contributed by atoms with Gasteiger partial charge in [0.15, 0.2) is 0 Å². The third-order valence-corrected chi connectivity index (χ3v) is 3.04. The zero-order valence-corrected chi connectivity index (χ0v) is 9.35. The molecule has 0 radical (unpaired) electrons. The van der Waals surface area contributed by atoms with Crippen molar-refractivity contribution in [3.05, 3.63) is 0 Å². The van der Waals surface area contributed by atoms with Gasteiger partial charge in [-0.15, -0.1) is 0 Å². The first-order chi connectivity index (χ1) is 5.83. The molecule has 1 aliphatic rings. The predicted octanol–water partition coefficient (Wildman–Crippen LogP) is 1.88. The van der Waals surface area contributed by atoms with E-state index in [1.807, 2.05) is 0 Å². The number of halogens is 1. The minimum atomic E-state index is 0.736. The van der Waals surface area contributed by atoms with Crippen molar-refractivity contribution in [1.29, 1.82) is 0 Å². The second-order valence-corrected chi connectivity index (χ2v) is 4.68. The van der Waals surface area contributed by atoms with E-state index < -0.39 is 0 Å². The lowest BCUT2D eigenvalue weighted by molar-refractivity contribution is 0.187. The van der Waals surface area contributed by atoms with Crippen LogP contribution in [0.3, 0.4) is 0 Å². The van der Waals surface area contributed by atoms with Crippen LogP contribution in [0.15, 0.2) is 0 Å². The molecule has 1 heterocycles. The Bertz CT molecular complexity index is 121. The molecule has 0 N–H and O–H groups in total. The van der Waals surface area contributed by atoms with Crippen molar-refractivity contribution in [1.82, 2.24) is 4.90 Å². The second kappa shape index (κ2) is 5.95. The molecule has 0 aliphatic carbocycles. The fraction of sp³-hybridized carbons (Fsp3) is 1.00. The molecule has 2 nitrogen and oxygen atoms in total. The Kier molecular flexibility index (Phi) is 5.19. The fourth-order valence-corrected chi connectivity index (χ4v) is 2.18. The third kappa shape index (κ3) is 3.87. The molecule has 1 fully saturated rings. The van der Waals surface area contributed by atoms with Crippen LogP contribution in [0, 0.1) is 0 Å². The lowest BCUT2D eigenvalue weighted by atomic mass is 10.3. The van der Waals surface area contributed by atoms with Crippen LogP contribution in [0.25, 0.3) is 0 Å².